The molecule has 27 heavy (non-hydrogen) atoms. The number of piperidine rings is 1. The van der Waals surface area contributed by atoms with E-state index in [1.54, 1.807) is 0 Å². The topological polar surface area (TPSA) is 55.6 Å². The number of hydrogen-bond acceptors (Lipinski definition) is 4. The maximum atomic E-state index is 12.4. The molecule has 1 aromatic heterocycles. The number of nitrogens with zero attached hydrogens (tertiary/aromatic N) is 1. The van der Waals surface area contributed by atoms with Gasteiger partial charge in [-0.05, 0) is 49.4 Å². The minimum Gasteiger partial charge on any atom is -0.370 e. The number of carbonyl (C=O) groups is 1. The number of unbranched alkanes of at least 4 members (excludes halogenated alkanes) is 1. The van der Waals surface area contributed by atoms with Crippen LogP contribution < -0.4 is 5.73 Å². The number of thiophene rings is 1. The molecule has 3 heterocycles. The van der Waals surface area contributed by atoms with Crippen LogP contribution in [0.2, 0.25) is 0 Å². The van der Waals surface area contributed by atoms with E-state index in [0.29, 0.717) is 13.0 Å². The summed E-state index contributed by atoms with van der Waals surface area (Å²) in [4.78, 5) is 17.2. The van der Waals surface area contributed by atoms with Gasteiger partial charge in [-0.1, -0.05) is 30.3 Å². The summed E-state index contributed by atoms with van der Waals surface area (Å²) in [6, 6.07) is 12.9. The third-order valence-corrected chi connectivity index (χ3v) is 7.08. The number of nitrogens with two attached hydrogens (primary N) is 1. The number of benzene rings is 1. The van der Waals surface area contributed by atoms with Gasteiger partial charge in [-0.3, -0.25) is 4.79 Å². The predicted molar refractivity (Wildman–Crippen MR) is 110 cm³/mol. The molecular weight excluding hydrogens is 356 g/mol. The molecule has 1 fully saturated rings. The van der Waals surface area contributed by atoms with E-state index < -0.39 is 0 Å². The Morgan fingerprint density at radius 1 is 1.19 bits per heavy atom. The van der Waals surface area contributed by atoms with E-state index in [1.807, 2.05) is 16.2 Å². The van der Waals surface area contributed by atoms with E-state index in [9.17, 15) is 4.79 Å². The van der Waals surface area contributed by atoms with Gasteiger partial charge in [0, 0.05) is 35.7 Å². The molecule has 1 amide bonds. The van der Waals surface area contributed by atoms with Crippen molar-refractivity contribution in [3.05, 3.63) is 46.8 Å². The van der Waals surface area contributed by atoms with Crippen molar-refractivity contribution in [1.29, 1.82) is 0 Å². The molecule has 0 unspecified atom stereocenters. The van der Waals surface area contributed by atoms with Crippen LogP contribution >= 0.6 is 11.3 Å². The van der Waals surface area contributed by atoms with Crippen molar-refractivity contribution in [2.24, 2.45) is 5.73 Å². The first kappa shape index (κ1) is 18.7. The molecule has 5 heteroatoms. The Morgan fingerprint density at radius 3 is 2.70 bits per heavy atom. The molecule has 144 valence electrons. The quantitative estimate of drug-likeness (QED) is 0.795. The lowest BCUT2D eigenvalue weighted by Crippen LogP contribution is -2.48. The van der Waals surface area contributed by atoms with Gasteiger partial charge in [0.15, 0.2) is 0 Å². The fraction of sp³-hybridized carbons (Fsp3) is 0.500. The molecule has 0 saturated carbocycles. The second kappa shape index (κ2) is 8.13. The van der Waals surface area contributed by atoms with Crippen LogP contribution in [0.25, 0.3) is 10.4 Å². The summed E-state index contributed by atoms with van der Waals surface area (Å²) in [5.74, 6) is 0.268. The van der Waals surface area contributed by atoms with Crippen molar-refractivity contribution in [1.82, 2.24) is 4.90 Å². The Kier molecular flexibility index (Phi) is 5.62. The van der Waals surface area contributed by atoms with Crippen molar-refractivity contribution in [3.8, 4) is 10.4 Å². The first-order valence-corrected chi connectivity index (χ1v) is 10.8. The van der Waals surface area contributed by atoms with E-state index in [1.165, 1.54) is 20.9 Å². The number of amides is 1. The summed E-state index contributed by atoms with van der Waals surface area (Å²) >= 11 is 1.90. The molecule has 0 aliphatic carbocycles. The number of ether oxygens (including phenoxy) is 1. The first-order valence-electron chi connectivity index (χ1n) is 10.0. The Balaban J connectivity index is 1.48. The maximum Gasteiger partial charge on any atom is 0.222 e. The summed E-state index contributed by atoms with van der Waals surface area (Å²) in [7, 11) is 0. The molecule has 2 aliphatic rings. The smallest absolute Gasteiger partial charge is 0.222 e. The number of likely N-dealkylation sites (tertiary alicyclic amines) is 1. The minimum atomic E-state index is -0.203. The molecule has 1 saturated heterocycles. The van der Waals surface area contributed by atoms with E-state index in [4.69, 9.17) is 10.5 Å². The monoisotopic (exact) mass is 384 g/mol. The Bertz CT molecular complexity index is 779. The highest BCUT2D eigenvalue weighted by Gasteiger charge is 2.42. The average Bonchev–Trinajstić information content (AvgIpc) is 3.15. The standard InChI is InChI=1S/C22H28N2O2S/c23-12-5-4-8-21(25)24-13-10-22(11-14-24)18-16-20(17-6-2-1-3-7-17)27-19(18)9-15-26-22/h1-3,6-7,16H,4-5,8-15,23H2. The summed E-state index contributed by atoms with van der Waals surface area (Å²) in [6.45, 7) is 3.02. The number of carbonyl (C=O) groups excluding carboxylic acids is 1. The highest BCUT2D eigenvalue weighted by molar-refractivity contribution is 7.15. The SMILES string of the molecule is NCCCCC(=O)N1CCC2(CC1)OCCc1sc(-c3ccccc3)cc12. The van der Waals surface area contributed by atoms with Crippen molar-refractivity contribution in [2.75, 3.05) is 26.2 Å². The zero-order valence-electron chi connectivity index (χ0n) is 15.8. The van der Waals surface area contributed by atoms with Crippen molar-refractivity contribution < 1.29 is 9.53 Å². The van der Waals surface area contributed by atoms with Crippen LogP contribution in [0.15, 0.2) is 36.4 Å². The highest BCUT2D eigenvalue weighted by atomic mass is 32.1. The van der Waals surface area contributed by atoms with E-state index >= 15 is 0 Å². The fourth-order valence-electron chi connectivity index (χ4n) is 4.27. The zero-order chi connectivity index (χ0) is 18.7. The Morgan fingerprint density at radius 2 is 1.96 bits per heavy atom. The molecule has 0 atom stereocenters. The fourth-order valence-corrected chi connectivity index (χ4v) is 5.51. The van der Waals surface area contributed by atoms with Crippen LogP contribution in [0, 0.1) is 0 Å². The lowest BCUT2D eigenvalue weighted by Gasteiger charge is -2.44. The van der Waals surface area contributed by atoms with Gasteiger partial charge in [0.05, 0.1) is 12.2 Å². The summed E-state index contributed by atoms with van der Waals surface area (Å²) < 4.78 is 6.36. The second-order valence-corrected chi connectivity index (χ2v) is 8.67. The average molecular weight is 385 g/mol. The highest BCUT2D eigenvalue weighted by Crippen LogP contribution is 2.46. The molecule has 2 N–H and O–H groups in total. The van der Waals surface area contributed by atoms with Gasteiger partial charge in [0.1, 0.15) is 0 Å². The number of hydrogen-bond donors (Lipinski definition) is 1. The van der Waals surface area contributed by atoms with Gasteiger partial charge < -0.3 is 15.4 Å². The molecule has 4 rings (SSSR count). The molecule has 4 nitrogen and oxygen atoms in total. The summed E-state index contributed by atoms with van der Waals surface area (Å²) in [5, 5.41) is 0. The van der Waals surface area contributed by atoms with Crippen LogP contribution in [0.3, 0.4) is 0 Å². The first-order chi connectivity index (χ1) is 13.2. The van der Waals surface area contributed by atoms with Crippen LogP contribution in [-0.4, -0.2) is 37.0 Å². The molecule has 2 aromatic rings. The Labute approximate surface area is 165 Å². The van der Waals surface area contributed by atoms with Gasteiger partial charge in [0.2, 0.25) is 5.91 Å². The van der Waals surface area contributed by atoms with Gasteiger partial charge in [-0.25, -0.2) is 0 Å². The molecule has 0 radical (unpaired) electrons. The van der Waals surface area contributed by atoms with Gasteiger partial charge in [-0.15, -0.1) is 11.3 Å². The maximum absolute atomic E-state index is 12.4. The van der Waals surface area contributed by atoms with Crippen LogP contribution in [0.4, 0.5) is 0 Å². The van der Waals surface area contributed by atoms with Crippen molar-refractivity contribution in [3.63, 3.8) is 0 Å². The van der Waals surface area contributed by atoms with Crippen molar-refractivity contribution >= 4 is 17.2 Å². The minimum absolute atomic E-state index is 0.203. The number of rotatable bonds is 5. The second-order valence-electron chi connectivity index (χ2n) is 7.53. The molecular formula is C22H28N2O2S. The molecule has 1 aromatic carbocycles. The lowest BCUT2D eigenvalue weighted by molar-refractivity contribution is -0.140. The summed E-state index contributed by atoms with van der Waals surface area (Å²) in [6.07, 6.45) is 5.22. The van der Waals surface area contributed by atoms with Crippen LogP contribution in [-0.2, 0) is 21.6 Å². The lowest BCUT2D eigenvalue weighted by atomic mass is 9.82. The van der Waals surface area contributed by atoms with Crippen LogP contribution in [0.5, 0.6) is 0 Å². The third-order valence-electron chi connectivity index (χ3n) is 5.83. The van der Waals surface area contributed by atoms with Gasteiger partial charge >= 0.3 is 0 Å². The van der Waals surface area contributed by atoms with E-state index in [2.05, 4.69) is 36.4 Å². The molecule has 2 aliphatic heterocycles. The molecule has 1 spiro atoms. The summed E-state index contributed by atoms with van der Waals surface area (Å²) in [5.41, 5.74) is 7.98. The Hall–Kier alpha value is -1.69. The van der Waals surface area contributed by atoms with E-state index in [-0.39, 0.29) is 11.5 Å². The van der Waals surface area contributed by atoms with Gasteiger partial charge in [0.25, 0.3) is 0 Å². The largest absolute Gasteiger partial charge is 0.370 e. The van der Waals surface area contributed by atoms with Crippen molar-refractivity contribution in [2.45, 2.75) is 44.1 Å². The molecule has 0 bridgehead atoms. The number of fused-ring (bicyclic) bond motifs is 2. The van der Waals surface area contributed by atoms with Gasteiger partial charge in [-0.2, -0.15) is 0 Å². The van der Waals surface area contributed by atoms with Crippen LogP contribution in [0.1, 0.15) is 42.5 Å². The van der Waals surface area contributed by atoms with E-state index in [0.717, 1.165) is 51.8 Å². The third kappa shape index (κ3) is 3.82. The zero-order valence-corrected chi connectivity index (χ0v) is 16.6. The normalized spacial score (nSPS) is 18.5. The predicted octanol–water partition coefficient (Wildman–Crippen LogP) is 3.93.